The molecule has 0 spiro atoms. The molecule has 0 saturated heterocycles. The molecule has 0 aliphatic carbocycles. The van der Waals surface area contributed by atoms with Crippen LogP contribution in [0.1, 0.15) is 26.7 Å². The summed E-state index contributed by atoms with van der Waals surface area (Å²) in [5, 5.41) is 6.20. The van der Waals surface area contributed by atoms with Crippen molar-refractivity contribution in [2.24, 2.45) is 0 Å². The van der Waals surface area contributed by atoms with Gasteiger partial charge in [0.15, 0.2) is 0 Å². The summed E-state index contributed by atoms with van der Waals surface area (Å²) in [7, 11) is 2.07. The van der Waals surface area contributed by atoms with Gasteiger partial charge in [0.05, 0.1) is 0 Å². The fourth-order valence-corrected chi connectivity index (χ4v) is 1.41. The average Bonchev–Trinajstić information content (AvgIpc) is 2.24. The molecule has 0 bridgehead atoms. The van der Waals surface area contributed by atoms with Crippen LogP contribution in [-0.2, 0) is 4.79 Å². The monoisotopic (exact) mass is 215 g/mol. The zero-order valence-electron chi connectivity index (χ0n) is 10.3. The SMILES string of the molecule is CCCNCCC(CN(C)CC)NC=O. The first-order valence-electron chi connectivity index (χ1n) is 5.83. The van der Waals surface area contributed by atoms with Gasteiger partial charge in [0, 0.05) is 12.6 Å². The number of nitrogens with one attached hydrogen (secondary N) is 2. The van der Waals surface area contributed by atoms with Crippen molar-refractivity contribution in [3.8, 4) is 0 Å². The lowest BCUT2D eigenvalue weighted by atomic mass is 10.2. The van der Waals surface area contributed by atoms with Crippen molar-refractivity contribution in [3.63, 3.8) is 0 Å². The van der Waals surface area contributed by atoms with Gasteiger partial charge in [-0.05, 0) is 39.5 Å². The lowest BCUT2D eigenvalue weighted by Gasteiger charge is -2.22. The van der Waals surface area contributed by atoms with Gasteiger partial charge in [-0.3, -0.25) is 4.79 Å². The molecule has 15 heavy (non-hydrogen) atoms. The second-order valence-corrected chi connectivity index (χ2v) is 3.87. The smallest absolute Gasteiger partial charge is 0.207 e. The van der Waals surface area contributed by atoms with E-state index in [4.69, 9.17) is 0 Å². The normalized spacial score (nSPS) is 12.8. The van der Waals surface area contributed by atoms with Gasteiger partial charge in [0.2, 0.25) is 6.41 Å². The Balaban J connectivity index is 3.67. The lowest BCUT2D eigenvalue weighted by molar-refractivity contribution is -0.110. The van der Waals surface area contributed by atoms with Crippen molar-refractivity contribution in [2.75, 3.05) is 33.2 Å². The van der Waals surface area contributed by atoms with Gasteiger partial charge in [0.1, 0.15) is 0 Å². The van der Waals surface area contributed by atoms with Gasteiger partial charge >= 0.3 is 0 Å². The van der Waals surface area contributed by atoms with Crippen molar-refractivity contribution < 1.29 is 4.79 Å². The molecule has 4 heteroatoms. The van der Waals surface area contributed by atoms with Crippen LogP contribution in [0.15, 0.2) is 0 Å². The Labute approximate surface area is 93.4 Å². The maximum atomic E-state index is 10.4. The fourth-order valence-electron chi connectivity index (χ4n) is 1.41. The predicted molar refractivity (Wildman–Crippen MR) is 63.9 cm³/mol. The van der Waals surface area contributed by atoms with Crippen molar-refractivity contribution >= 4 is 6.41 Å². The summed E-state index contributed by atoms with van der Waals surface area (Å²) in [6, 6.07) is 0.261. The minimum atomic E-state index is 0.261. The number of likely N-dealkylation sites (N-methyl/N-ethyl adjacent to an activating group) is 1. The lowest BCUT2D eigenvalue weighted by Crippen LogP contribution is -2.40. The van der Waals surface area contributed by atoms with Crippen molar-refractivity contribution in [2.45, 2.75) is 32.7 Å². The van der Waals surface area contributed by atoms with E-state index in [2.05, 4.69) is 36.4 Å². The Morgan fingerprint density at radius 1 is 1.33 bits per heavy atom. The molecule has 1 unspecified atom stereocenters. The molecule has 90 valence electrons. The van der Waals surface area contributed by atoms with Gasteiger partial charge in [-0.2, -0.15) is 0 Å². The Kier molecular flexibility index (Phi) is 9.52. The molecule has 0 rings (SSSR count). The Morgan fingerprint density at radius 2 is 2.07 bits per heavy atom. The van der Waals surface area contributed by atoms with E-state index in [1.807, 2.05) is 0 Å². The topological polar surface area (TPSA) is 44.4 Å². The third-order valence-electron chi connectivity index (χ3n) is 2.47. The average molecular weight is 215 g/mol. The molecule has 0 aromatic carbocycles. The summed E-state index contributed by atoms with van der Waals surface area (Å²) in [5.74, 6) is 0. The Morgan fingerprint density at radius 3 is 2.60 bits per heavy atom. The minimum Gasteiger partial charge on any atom is -0.355 e. The van der Waals surface area contributed by atoms with Crippen LogP contribution < -0.4 is 10.6 Å². The van der Waals surface area contributed by atoms with Crippen LogP contribution in [0, 0.1) is 0 Å². The molecule has 0 radical (unpaired) electrons. The second kappa shape index (κ2) is 9.93. The molecule has 0 saturated carbocycles. The van der Waals surface area contributed by atoms with E-state index in [1.165, 1.54) is 0 Å². The van der Waals surface area contributed by atoms with Gasteiger partial charge < -0.3 is 15.5 Å². The van der Waals surface area contributed by atoms with E-state index >= 15 is 0 Å². The second-order valence-electron chi connectivity index (χ2n) is 3.87. The largest absolute Gasteiger partial charge is 0.355 e. The number of amides is 1. The molecule has 0 fully saturated rings. The Hall–Kier alpha value is -0.610. The summed E-state index contributed by atoms with van der Waals surface area (Å²) in [6.07, 6.45) is 2.94. The van der Waals surface area contributed by atoms with Crippen molar-refractivity contribution in [1.29, 1.82) is 0 Å². The predicted octanol–water partition coefficient (Wildman–Crippen LogP) is 0.442. The van der Waals surface area contributed by atoms with Crippen LogP contribution in [0.4, 0.5) is 0 Å². The highest BCUT2D eigenvalue weighted by Crippen LogP contribution is 1.93. The molecular formula is C11H25N3O. The quantitative estimate of drug-likeness (QED) is 0.411. The summed E-state index contributed by atoms with van der Waals surface area (Å²) in [6.45, 7) is 8.23. The maximum Gasteiger partial charge on any atom is 0.207 e. The molecule has 0 aromatic heterocycles. The van der Waals surface area contributed by atoms with Gasteiger partial charge in [-0.25, -0.2) is 0 Å². The van der Waals surface area contributed by atoms with Gasteiger partial charge in [0.25, 0.3) is 0 Å². The molecule has 4 nitrogen and oxygen atoms in total. The van der Waals surface area contributed by atoms with E-state index in [1.54, 1.807) is 0 Å². The van der Waals surface area contributed by atoms with E-state index in [0.29, 0.717) is 0 Å². The van der Waals surface area contributed by atoms with E-state index in [0.717, 1.165) is 45.4 Å². The van der Waals surface area contributed by atoms with Crippen LogP contribution in [0.3, 0.4) is 0 Å². The highest BCUT2D eigenvalue weighted by molar-refractivity contribution is 5.46. The van der Waals surface area contributed by atoms with Gasteiger partial charge in [-0.15, -0.1) is 0 Å². The van der Waals surface area contributed by atoms with Crippen LogP contribution >= 0.6 is 0 Å². The molecular weight excluding hydrogens is 190 g/mol. The highest BCUT2D eigenvalue weighted by Gasteiger charge is 2.08. The number of carbonyl (C=O) groups excluding carboxylic acids is 1. The Bertz CT molecular complexity index is 153. The third-order valence-corrected chi connectivity index (χ3v) is 2.47. The van der Waals surface area contributed by atoms with Crippen LogP contribution in [0.5, 0.6) is 0 Å². The van der Waals surface area contributed by atoms with Crippen LogP contribution in [-0.4, -0.2) is 50.6 Å². The van der Waals surface area contributed by atoms with Crippen LogP contribution in [0.25, 0.3) is 0 Å². The molecule has 0 aromatic rings. The number of hydrogen-bond donors (Lipinski definition) is 2. The maximum absolute atomic E-state index is 10.4. The standard InChI is InChI=1S/C11H25N3O/c1-4-7-12-8-6-11(13-10-15)9-14(3)5-2/h10-12H,4-9H2,1-3H3,(H,13,15). The first-order chi connectivity index (χ1) is 7.24. The van der Waals surface area contributed by atoms with Crippen molar-refractivity contribution in [3.05, 3.63) is 0 Å². The third kappa shape index (κ3) is 8.39. The zero-order valence-corrected chi connectivity index (χ0v) is 10.3. The molecule has 0 aliphatic rings. The summed E-state index contributed by atoms with van der Waals surface area (Å²) in [4.78, 5) is 12.6. The summed E-state index contributed by atoms with van der Waals surface area (Å²) >= 11 is 0. The van der Waals surface area contributed by atoms with Crippen LogP contribution in [0.2, 0.25) is 0 Å². The molecule has 0 aliphatic heterocycles. The fraction of sp³-hybridized carbons (Fsp3) is 0.909. The zero-order chi connectivity index (χ0) is 11.5. The number of hydrogen-bond acceptors (Lipinski definition) is 3. The molecule has 1 atom stereocenters. The first-order valence-corrected chi connectivity index (χ1v) is 5.83. The van der Waals surface area contributed by atoms with E-state index in [9.17, 15) is 4.79 Å². The number of nitrogens with zero attached hydrogens (tertiary/aromatic N) is 1. The molecule has 0 heterocycles. The first kappa shape index (κ1) is 14.4. The highest BCUT2D eigenvalue weighted by atomic mass is 16.1. The molecule has 2 N–H and O–H groups in total. The number of carbonyl (C=O) groups is 1. The van der Waals surface area contributed by atoms with Gasteiger partial charge in [-0.1, -0.05) is 13.8 Å². The summed E-state index contributed by atoms with van der Waals surface area (Å²) < 4.78 is 0. The van der Waals surface area contributed by atoms with Crippen molar-refractivity contribution in [1.82, 2.24) is 15.5 Å². The van der Waals surface area contributed by atoms with E-state index < -0.39 is 0 Å². The summed E-state index contributed by atoms with van der Waals surface area (Å²) in [5.41, 5.74) is 0. The molecule has 1 amide bonds. The minimum absolute atomic E-state index is 0.261. The number of rotatable bonds is 10. The van der Waals surface area contributed by atoms with E-state index in [-0.39, 0.29) is 6.04 Å².